The fraction of sp³-hybridized carbons (Fsp3) is 0.281. The summed E-state index contributed by atoms with van der Waals surface area (Å²) in [5.74, 6) is -0.564. The molecule has 5 aromatic rings. The molecule has 1 fully saturated rings. The molecular weight excluding hydrogens is 659 g/mol. The number of anilines is 1. The van der Waals surface area contributed by atoms with Crippen molar-refractivity contribution in [2.45, 2.75) is 32.7 Å². The van der Waals surface area contributed by atoms with Gasteiger partial charge in [0.15, 0.2) is 0 Å². The molecule has 2 aromatic carbocycles. The van der Waals surface area contributed by atoms with E-state index in [9.17, 15) is 33.1 Å². The van der Waals surface area contributed by atoms with Crippen molar-refractivity contribution >= 4 is 55.7 Å². The van der Waals surface area contributed by atoms with E-state index in [1.807, 2.05) is 6.07 Å². The molecule has 0 saturated carbocycles. The zero-order valence-corrected chi connectivity index (χ0v) is 26.7. The first-order chi connectivity index (χ1) is 22.3. The van der Waals surface area contributed by atoms with Crippen molar-refractivity contribution in [2.75, 3.05) is 31.7 Å². The van der Waals surface area contributed by atoms with Crippen molar-refractivity contribution in [3.8, 4) is 22.9 Å². The number of hydrogen-bond acceptors (Lipinski definition) is 9. The number of nitriles is 1. The molecule has 4 heterocycles. The molecule has 0 spiro atoms. The number of carboxylic acid groups (broad SMARTS) is 1. The number of thiophene rings is 1. The molecular formula is C32H25ClF3N5O5S. The van der Waals surface area contributed by atoms with Gasteiger partial charge in [-0.1, -0.05) is 11.6 Å². The average molecular weight is 684 g/mol. The van der Waals surface area contributed by atoms with Gasteiger partial charge in [-0.15, -0.1) is 11.3 Å². The summed E-state index contributed by atoms with van der Waals surface area (Å²) < 4.78 is 55.8. The summed E-state index contributed by atoms with van der Waals surface area (Å²) in [6.07, 6.45) is -5.09. The fourth-order valence-electron chi connectivity index (χ4n) is 5.74. The highest BCUT2D eigenvalue weighted by Crippen LogP contribution is 2.43. The Morgan fingerprint density at radius 3 is 2.60 bits per heavy atom. The number of hydrogen-bond donors (Lipinski definition) is 1. The van der Waals surface area contributed by atoms with Crippen LogP contribution in [0.1, 0.15) is 33.0 Å². The maximum Gasteiger partial charge on any atom is 0.418 e. The zero-order valence-electron chi connectivity index (χ0n) is 25.1. The van der Waals surface area contributed by atoms with Gasteiger partial charge >= 0.3 is 12.1 Å². The first kappa shape index (κ1) is 32.2. The Morgan fingerprint density at radius 2 is 1.94 bits per heavy atom. The number of carboxylic acids is 1. The molecule has 1 saturated heterocycles. The maximum atomic E-state index is 14.2. The number of aromatic nitrogens is 3. The van der Waals surface area contributed by atoms with Gasteiger partial charge < -0.3 is 19.5 Å². The monoisotopic (exact) mass is 683 g/mol. The summed E-state index contributed by atoms with van der Waals surface area (Å²) in [5.41, 5.74) is -0.464. The molecule has 6 rings (SSSR count). The lowest BCUT2D eigenvalue weighted by Crippen LogP contribution is -2.52. The molecule has 10 nitrogen and oxygen atoms in total. The molecule has 0 radical (unpaired) electrons. The van der Waals surface area contributed by atoms with Crippen LogP contribution < -0.4 is 15.2 Å². The van der Waals surface area contributed by atoms with Gasteiger partial charge in [-0.2, -0.15) is 18.4 Å². The molecule has 0 aliphatic carbocycles. The van der Waals surface area contributed by atoms with Crippen molar-refractivity contribution in [2.24, 2.45) is 0 Å². The highest BCUT2D eigenvalue weighted by molar-refractivity contribution is 7.18. The minimum absolute atomic E-state index is 0.0424. The van der Waals surface area contributed by atoms with Crippen LogP contribution in [0.5, 0.6) is 5.75 Å². The molecule has 0 atom stereocenters. The van der Waals surface area contributed by atoms with Gasteiger partial charge in [-0.25, -0.2) is 9.78 Å². The molecule has 0 unspecified atom stereocenters. The van der Waals surface area contributed by atoms with E-state index in [4.69, 9.17) is 21.1 Å². The van der Waals surface area contributed by atoms with Crippen LogP contribution in [0.3, 0.4) is 0 Å². The number of pyridine rings is 1. The number of ether oxygens (including phenoxy) is 2. The van der Waals surface area contributed by atoms with E-state index >= 15 is 0 Å². The smallest absolute Gasteiger partial charge is 0.418 e. The number of fused-ring (bicyclic) bond motifs is 2. The topological polar surface area (TPSA) is 131 Å². The summed E-state index contributed by atoms with van der Waals surface area (Å²) >= 11 is 7.58. The van der Waals surface area contributed by atoms with Gasteiger partial charge in [0, 0.05) is 47.4 Å². The van der Waals surface area contributed by atoms with E-state index in [-0.39, 0.29) is 60.3 Å². The predicted molar refractivity (Wildman–Crippen MR) is 171 cm³/mol. The number of rotatable bonds is 8. The number of aryl methyl sites for hydroxylation is 2. The minimum Gasteiger partial charge on any atom is -0.491 e. The summed E-state index contributed by atoms with van der Waals surface area (Å²) in [6.45, 7) is 3.41. The Hall–Kier alpha value is -4.71. The van der Waals surface area contributed by atoms with E-state index in [1.54, 1.807) is 31.2 Å². The van der Waals surface area contributed by atoms with Crippen LogP contribution in [0, 0.1) is 25.2 Å². The maximum absolute atomic E-state index is 14.2. The molecule has 0 amide bonds. The third-order valence-electron chi connectivity index (χ3n) is 8.01. The van der Waals surface area contributed by atoms with Gasteiger partial charge in [-0.3, -0.25) is 14.3 Å². The Balaban J connectivity index is 1.37. The van der Waals surface area contributed by atoms with Crippen molar-refractivity contribution in [1.29, 1.82) is 5.26 Å². The van der Waals surface area contributed by atoms with Crippen molar-refractivity contribution in [3.63, 3.8) is 0 Å². The lowest BCUT2D eigenvalue weighted by molar-refractivity contribution is -0.137. The number of benzene rings is 2. The van der Waals surface area contributed by atoms with Crippen LogP contribution in [0.15, 0.2) is 40.5 Å². The number of carbonyl (C=O) groups is 1. The molecule has 3 aromatic heterocycles. The average Bonchev–Trinajstić information content (AvgIpc) is 3.41. The number of halogens is 4. The first-order valence-corrected chi connectivity index (χ1v) is 15.5. The van der Waals surface area contributed by atoms with E-state index in [0.717, 1.165) is 6.07 Å². The fourth-order valence-corrected chi connectivity index (χ4v) is 6.92. The second kappa shape index (κ2) is 12.1. The van der Waals surface area contributed by atoms with Gasteiger partial charge in [0.25, 0.3) is 5.56 Å². The lowest BCUT2D eigenvalue weighted by atomic mass is 9.98. The number of alkyl halides is 3. The van der Waals surface area contributed by atoms with Crippen LogP contribution in [0.25, 0.3) is 32.2 Å². The third kappa shape index (κ3) is 5.75. The largest absolute Gasteiger partial charge is 0.491 e. The number of nitrogens with zero attached hydrogens (tertiary/aromatic N) is 5. The molecule has 47 heavy (non-hydrogen) atoms. The summed E-state index contributed by atoms with van der Waals surface area (Å²) in [7, 11) is 1.45. The van der Waals surface area contributed by atoms with Gasteiger partial charge in [-0.05, 0) is 44.2 Å². The van der Waals surface area contributed by atoms with Gasteiger partial charge in [0.2, 0.25) is 0 Å². The Morgan fingerprint density at radius 1 is 1.19 bits per heavy atom. The van der Waals surface area contributed by atoms with Crippen LogP contribution in [-0.4, -0.2) is 58.5 Å². The van der Waals surface area contributed by atoms with Gasteiger partial charge in [0.05, 0.1) is 56.1 Å². The standard InChI is InChI=1S/C32H25ClF3N5O5S/c1-15-8-20(29-27(38-15)22(14-47-29)31(43)44)19-9-17(33)4-5-25(19)46-7-6-41-16(2)39-24-10-23(32(34,35)36)28(40-12-18(13-40)45-3)21(11-37)26(24)30(41)42/h4-5,8-10,14,18H,6-7,12-13H2,1-3H3,(H,43,44). The number of methoxy groups -OCH3 is 1. The summed E-state index contributed by atoms with van der Waals surface area (Å²) in [5, 5.41) is 21.4. The zero-order chi connectivity index (χ0) is 33.8. The summed E-state index contributed by atoms with van der Waals surface area (Å²) in [6, 6.07) is 9.42. The summed E-state index contributed by atoms with van der Waals surface area (Å²) in [4.78, 5) is 35.7. The third-order valence-corrected chi connectivity index (χ3v) is 9.25. The van der Waals surface area contributed by atoms with Crippen molar-refractivity contribution in [1.82, 2.24) is 14.5 Å². The molecule has 1 aliphatic rings. The van der Waals surface area contributed by atoms with Crippen LogP contribution in [0.4, 0.5) is 18.9 Å². The van der Waals surface area contributed by atoms with Crippen molar-refractivity contribution < 1.29 is 32.5 Å². The minimum atomic E-state index is -4.79. The van der Waals surface area contributed by atoms with E-state index in [2.05, 4.69) is 9.97 Å². The SMILES string of the molecule is COC1CN(c2c(C(F)(F)F)cc3nc(C)n(CCOc4ccc(Cl)cc4-c4cc(C)nc5c(C(=O)O)csc45)c(=O)c3c2C#N)C1. The second-order valence-electron chi connectivity index (χ2n) is 11.0. The van der Waals surface area contributed by atoms with Crippen LogP contribution >= 0.6 is 22.9 Å². The highest BCUT2D eigenvalue weighted by Gasteiger charge is 2.41. The van der Waals surface area contributed by atoms with E-state index in [0.29, 0.717) is 37.8 Å². The molecule has 15 heteroatoms. The van der Waals surface area contributed by atoms with E-state index < -0.39 is 28.8 Å². The Bertz CT molecular complexity index is 2190. The normalized spacial score (nSPS) is 13.6. The van der Waals surface area contributed by atoms with Crippen LogP contribution in [0.2, 0.25) is 5.02 Å². The lowest BCUT2D eigenvalue weighted by Gasteiger charge is -2.41. The molecule has 0 bridgehead atoms. The van der Waals surface area contributed by atoms with Gasteiger partial charge in [0.1, 0.15) is 24.3 Å². The van der Waals surface area contributed by atoms with E-state index in [1.165, 1.54) is 40.2 Å². The number of aromatic carboxylic acids is 1. The highest BCUT2D eigenvalue weighted by atomic mass is 35.5. The predicted octanol–water partition coefficient (Wildman–Crippen LogP) is 6.45. The Kier molecular flexibility index (Phi) is 8.33. The first-order valence-electron chi connectivity index (χ1n) is 14.2. The quantitative estimate of drug-likeness (QED) is 0.196. The second-order valence-corrected chi connectivity index (χ2v) is 12.3. The Labute approximate surface area is 274 Å². The molecule has 1 N–H and O–H groups in total. The molecule has 242 valence electrons. The molecule has 1 aliphatic heterocycles. The van der Waals surface area contributed by atoms with Crippen LogP contribution in [-0.2, 0) is 17.5 Å². The van der Waals surface area contributed by atoms with Crippen molar-refractivity contribution in [3.05, 3.63) is 79.3 Å².